The third-order valence-corrected chi connectivity index (χ3v) is 12.2. The summed E-state index contributed by atoms with van der Waals surface area (Å²) in [4.78, 5) is 12.9. The van der Waals surface area contributed by atoms with Crippen LogP contribution in [-0.2, 0) is 4.74 Å². The fourth-order valence-corrected chi connectivity index (χ4v) is 10.1. The van der Waals surface area contributed by atoms with Crippen molar-refractivity contribution in [2.24, 2.45) is 46.3 Å². The van der Waals surface area contributed by atoms with Gasteiger partial charge in [-0.2, -0.15) is 0 Å². The first-order valence-electron chi connectivity index (χ1n) is 15.4. The van der Waals surface area contributed by atoms with E-state index < -0.39 is 0 Å². The molecule has 3 saturated carbocycles. The molecule has 0 aliphatic heterocycles. The van der Waals surface area contributed by atoms with Crippen molar-refractivity contribution >= 4 is 29.2 Å². The Balaban J connectivity index is 1.25. The van der Waals surface area contributed by atoms with Crippen molar-refractivity contribution < 1.29 is 9.53 Å². The molecule has 0 radical (unpaired) electrons. The SMILES string of the molecule is CC(C)CCC[C@@H](C)[C@H]1CC[C@@H]2[C@@H]3CC=C4C[C@@H](OC(=O)c5ccc(Cl)cc5Cl)CC[C@]4(C)[C@@H]3CC[C@@]21C. The second kappa shape index (κ2) is 11.1. The number of allylic oxidation sites excluding steroid dienone is 1. The lowest BCUT2D eigenvalue weighted by molar-refractivity contribution is -0.0594. The van der Waals surface area contributed by atoms with E-state index in [1.165, 1.54) is 51.4 Å². The molecule has 210 valence electrons. The van der Waals surface area contributed by atoms with Gasteiger partial charge >= 0.3 is 5.97 Å². The van der Waals surface area contributed by atoms with Crippen LogP contribution < -0.4 is 0 Å². The summed E-state index contributed by atoms with van der Waals surface area (Å²) in [6.45, 7) is 12.5. The van der Waals surface area contributed by atoms with E-state index in [2.05, 4.69) is 40.7 Å². The fraction of sp³-hybridized carbons (Fsp3) is 0.735. The first kappa shape index (κ1) is 28.5. The number of carbonyl (C=O) groups is 1. The van der Waals surface area contributed by atoms with E-state index in [0.717, 1.165) is 54.8 Å². The highest BCUT2D eigenvalue weighted by Gasteiger charge is 2.59. The molecule has 0 heterocycles. The van der Waals surface area contributed by atoms with Crippen LogP contribution in [0.1, 0.15) is 116 Å². The highest BCUT2D eigenvalue weighted by molar-refractivity contribution is 6.36. The van der Waals surface area contributed by atoms with Crippen LogP contribution in [-0.4, -0.2) is 12.1 Å². The monoisotopic (exact) mass is 558 g/mol. The smallest absolute Gasteiger partial charge is 0.339 e. The van der Waals surface area contributed by atoms with Crippen LogP contribution in [0.3, 0.4) is 0 Å². The van der Waals surface area contributed by atoms with Crippen LogP contribution in [0, 0.1) is 46.3 Å². The molecule has 38 heavy (non-hydrogen) atoms. The Bertz CT molecular complexity index is 1060. The quantitative estimate of drug-likeness (QED) is 0.245. The Kier molecular flexibility index (Phi) is 8.35. The molecule has 0 aromatic heterocycles. The second-order valence-electron chi connectivity index (χ2n) is 14.2. The Morgan fingerprint density at radius 2 is 1.82 bits per heavy atom. The number of benzene rings is 1. The van der Waals surface area contributed by atoms with Gasteiger partial charge in [-0.25, -0.2) is 4.79 Å². The number of esters is 1. The first-order valence-corrected chi connectivity index (χ1v) is 16.1. The first-order chi connectivity index (χ1) is 18.0. The predicted molar refractivity (Wildman–Crippen MR) is 159 cm³/mol. The van der Waals surface area contributed by atoms with Crippen LogP contribution in [0.15, 0.2) is 29.8 Å². The lowest BCUT2D eigenvalue weighted by Gasteiger charge is -2.58. The molecule has 0 saturated heterocycles. The molecular weight excluding hydrogens is 511 g/mol. The number of rotatable bonds is 7. The van der Waals surface area contributed by atoms with Crippen molar-refractivity contribution in [1.82, 2.24) is 0 Å². The molecule has 1 aromatic carbocycles. The molecule has 0 amide bonds. The molecule has 1 aromatic rings. The summed E-state index contributed by atoms with van der Waals surface area (Å²) in [5, 5.41) is 0.886. The maximum atomic E-state index is 12.9. The van der Waals surface area contributed by atoms with E-state index in [0.29, 0.717) is 21.0 Å². The topological polar surface area (TPSA) is 26.3 Å². The summed E-state index contributed by atoms with van der Waals surface area (Å²) < 4.78 is 5.99. The van der Waals surface area contributed by atoms with Gasteiger partial charge < -0.3 is 4.74 Å². The molecule has 4 heteroatoms. The normalized spacial score (nSPS) is 37.2. The van der Waals surface area contributed by atoms with Crippen molar-refractivity contribution in [3.63, 3.8) is 0 Å². The Hall–Kier alpha value is -0.990. The zero-order chi connectivity index (χ0) is 27.2. The third kappa shape index (κ3) is 5.23. The number of halogens is 2. The third-order valence-electron chi connectivity index (χ3n) is 11.7. The van der Waals surface area contributed by atoms with Gasteiger partial charge in [-0.1, -0.05) is 88.7 Å². The van der Waals surface area contributed by atoms with Crippen LogP contribution in [0.2, 0.25) is 10.0 Å². The van der Waals surface area contributed by atoms with E-state index in [9.17, 15) is 4.79 Å². The minimum Gasteiger partial charge on any atom is -0.458 e. The number of hydrogen-bond acceptors (Lipinski definition) is 2. The number of hydrogen-bond donors (Lipinski definition) is 0. The van der Waals surface area contributed by atoms with Gasteiger partial charge in [0.15, 0.2) is 0 Å². The van der Waals surface area contributed by atoms with E-state index >= 15 is 0 Å². The van der Waals surface area contributed by atoms with Crippen LogP contribution in [0.4, 0.5) is 0 Å². The standard InChI is InChI=1S/C34H48Cl2O2/c1-21(2)7-6-8-22(3)28-13-14-29-26-11-9-23-19-25(38-32(37)27-12-10-24(35)20-31(27)36)15-17-33(23,4)30(26)16-18-34(28,29)5/h9-10,12,20-22,25-26,28-30H,6-8,11,13-19H2,1-5H3/t22-,25+,26+,28-,29-,30-,33+,34-/m1/s1. The maximum absolute atomic E-state index is 12.9. The van der Waals surface area contributed by atoms with Gasteiger partial charge in [0.25, 0.3) is 0 Å². The van der Waals surface area contributed by atoms with Gasteiger partial charge in [-0.15, -0.1) is 0 Å². The molecule has 3 fully saturated rings. The minimum absolute atomic E-state index is 0.0680. The van der Waals surface area contributed by atoms with E-state index in [-0.39, 0.29) is 17.5 Å². The summed E-state index contributed by atoms with van der Waals surface area (Å²) >= 11 is 12.3. The van der Waals surface area contributed by atoms with Crippen molar-refractivity contribution in [3.8, 4) is 0 Å². The van der Waals surface area contributed by atoms with Gasteiger partial charge in [0.2, 0.25) is 0 Å². The highest BCUT2D eigenvalue weighted by atomic mass is 35.5. The van der Waals surface area contributed by atoms with Crippen molar-refractivity contribution in [3.05, 3.63) is 45.5 Å². The summed E-state index contributed by atoms with van der Waals surface area (Å²) in [6.07, 6.45) is 16.4. The van der Waals surface area contributed by atoms with E-state index in [1.807, 2.05) is 0 Å². The van der Waals surface area contributed by atoms with E-state index in [1.54, 1.807) is 23.8 Å². The fourth-order valence-electron chi connectivity index (χ4n) is 9.62. The Morgan fingerprint density at radius 1 is 1.03 bits per heavy atom. The van der Waals surface area contributed by atoms with E-state index in [4.69, 9.17) is 27.9 Å². The van der Waals surface area contributed by atoms with Gasteiger partial charge in [-0.05, 0) is 109 Å². The molecule has 4 aliphatic carbocycles. The summed E-state index contributed by atoms with van der Waals surface area (Å²) in [5.74, 6) is 4.71. The Labute approximate surface area is 241 Å². The number of ether oxygens (including phenoxy) is 1. The second-order valence-corrected chi connectivity index (χ2v) is 15.0. The Morgan fingerprint density at radius 3 is 2.55 bits per heavy atom. The highest BCUT2D eigenvalue weighted by Crippen LogP contribution is 2.67. The zero-order valence-corrected chi connectivity index (χ0v) is 25.7. The summed E-state index contributed by atoms with van der Waals surface area (Å²) in [5.41, 5.74) is 2.73. The van der Waals surface area contributed by atoms with Gasteiger partial charge in [-0.3, -0.25) is 0 Å². The van der Waals surface area contributed by atoms with Crippen LogP contribution in [0.5, 0.6) is 0 Å². The lowest BCUT2D eigenvalue weighted by atomic mass is 9.47. The molecule has 5 rings (SSSR count). The largest absolute Gasteiger partial charge is 0.458 e. The average molecular weight is 560 g/mol. The molecular formula is C34H48Cl2O2. The van der Waals surface area contributed by atoms with Gasteiger partial charge in [0.1, 0.15) is 6.10 Å². The maximum Gasteiger partial charge on any atom is 0.339 e. The molecule has 0 N–H and O–H groups in total. The molecule has 2 nitrogen and oxygen atoms in total. The molecule has 8 atom stereocenters. The minimum atomic E-state index is -0.331. The van der Waals surface area contributed by atoms with Gasteiger partial charge in [0, 0.05) is 11.4 Å². The number of carbonyl (C=O) groups excluding carboxylic acids is 1. The lowest BCUT2D eigenvalue weighted by Crippen LogP contribution is -2.51. The van der Waals surface area contributed by atoms with Crippen LogP contribution in [0.25, 0.3) is 0 Å². The summed E-state index contributed by atoms with van der Waals surface area (Å²) in [6, 6.07) is 4.98. The molecule has 0 unspecified atom stereocenters. The van der Waals surface area contributed by atoms with Crippen molar-refractivity contribution in [2.75, 3.05) is 0 Å². The number of fused-ring (bicyclic) bond motifs is 5. The van der Waals surface area contributed by atoms with Crippen molar-refractivity contribution in [1.29, 1.82) is 0 Å². The average Bonchev–Trinajstić information content (AvgIpc) is 3.21. The van der Waals surface area contributed by atoms with Gasteiger partial charge in [0.05, 0.1) is 10.6 Å². The predicted octanol–water partition coefficient (Wildman–Crippen LogP) is 10.6. The van der Waals surface area contributed by atoms with Crippen molar-refractivity contribution in [2.45, 2.75) is 111 Å². The molecule has 4 aliphatic rings. The zero-order valence-electron chi connectivity index (χ0n) is 24.2. The molecule has 0 bridgehead atoms. The van der Waals surface area contributed by atoms with Crippen LogP contribution >= 0.6 is 23.2 Å². The summed E-state index contributed by atoms with van der Waals surface area (Å²) in [7, 11) is 0. The molecule has 0 spiro atoms.